The molecule has 1 aromatic carbocycles. The Hall–Kier alpha value is -4.02. The molecule has 2 amide bonds. The third-order valence-electron chi connectivity index (χ3n) is 9.26. The zero-order valence-electron chi connectivity index (χ0n) is 25.1. The van der Waals surface area contributed by atoms with Crippen LogP contribution in [0.3, 0.4) is 0 Å². The van der Waals surface area contributed by atoms with Gasteiger partial charge in [-0.25, -0.2) is 4.98 Å². The Kier molecular flexibility index (Phi) is 8.30. The van der Waals surface area contributed by atoms with Gasteiger partial charge in [0, 0.05) is 62.6 Å². The van der Waals surface area contributed by atoms with Gasteiger partial charge in [-0.1, -0.05) is 38.0 Å². The minimum atomic E-state index is -4.54. The van der Waals surface area contributed by atoms with Crippen molar-refractivity contribution in [2.75, 3.05) is 32.7 Å². The van der Waals surface area contributed by atoms with Crippen LogP contribution in [0.25, 0.3) is 11.2 Å². The van der Waals surface area contributed by atoms with Gasteiger partial charge in [-0.2, -0.15) is 13.2 Å². The van der Waals surface area contributed by atoms with Gasteiger partial charge in [-0.05, 0) is 48.8 Å². The molecule has 11 heteroatoms. The number of aryl methyl sites for hydroxylation is 1. The first kappa shape index (κ1) is 30.0. The van der Waals surface area contributed by atoms with E-state index in [4.69, 9.17) is 0 Å². The van der Waals surface area contributed by atoms with Gasteiger partial charge in [0.15, 0.2) is 5.65 Å². The van der Waals surface area contributed by atoms with Crippen LogP contribution in [0, 0.1) is 18.8 Å². The molecule has 2 fully saturated rings. The third kappa shape index (κ3) is 6.14. The second kappa shape index (κ2) is 12.2. The highest BCUT2D eigenvalue weighted by Gasteiger charge is 2.40. The molecule has 1 saturated heterocycles. The smallest absolute Gasteiger partial charge is 0.339 e. The number of carbonyl (C=O) groups is 2. The van der Waals surface area contributed by atoms with Gasteiger partial charge in [0.25, 0.3) is 5.91 Å². The van der Waals surface area contributed by atoms with E-state index in [9.17, 15) is 22.8 Å². The van der Waals surface area contributed by atoms with Crippen LogP contribution >= 0.6 is 0 Å². The van der Waals surface area contributed by atoms with Gasteiger partial charge in [-0.15, -0.1) is 0 Å². The van der Waals surface area contributed by atoms with Crippen LogP contribution in [-0.2, 0) is 11.2 Å². The van der Waals surface area contributed by atoms with Gasteiger partial charge < -0.3 is 9.80 Å². The summed E-state index contributed by atoms with van der Waals surface area (Å²) in [5.41, 5.74) is 2.89. The molecule has 0 bridgehead atoms. The van der Waals surface area contributed by atoms with E-state index >= 15 is 0 Å². The molecule has 1 saturated carbocycles. The Morgan fingerprint density at radius 3 is 2.43 bits per heavy atom. The van der Waals surface area contributed by atoms with Crippen molar-refractivity contribution in [3.05, 3.63) is 70.9 Å². The number of allylic oxidation sites excluding steroid dienone is 1. The monoisotopic (exact) mass is 606 g/mol. The molecule has 0 unspecified atom stereocenters. The van der Waals surface area contributed by atoms with Crippen LogP contribution in [0.2, 0.25) is 0 Å². The number of hydrogen-bond donors (Lipinski definition) is 0. The summed E-state index contributed by atoms with van der Waals surface area (Å²) in [7, 11) is 0. The lowest BCUT2D eigenvalue weighted by molar-refractivity contribution is -0.134. The molecular weight excluding hydrogens is 569 g/mol. The number of benzene rings is 1. The predicted molar refractivity (Wildman–Crippen MR) is 162 cm³/mol. The molecule has 232 valence electrons. The molecule has 0 radical (unpaired) electrons. The van der Waals surface area contributed by atoms with Crippen molar-refractivity contribution in [3.63, 3.8) is 0 Å². The van der Waals surface area contributed by atoms with Gasteiger partial charge in [0.05, 0.1) is 24.1 Å². The number of nitrogens with zero attached hydrogens (tertiary/aromatic N) is 6. The average Bonchev–Trinajstić information content (AvgIpc) is 3.66. The first-order valence-electron chi connectivity index (χ1n) is 15.4. The van der Waals surface area contributed by atoms with Gasteiger partial charge in [-0.3, -0.25) is 24.0 Å². The molecule has 0 atom stereocenters. The summed E-state index contributed by atoms with van der Waals surface area (Å²) in [6.07, 6.45) is 7.18. The summed E-state index contributed by atoms with van der Waals surface area (Å²) < 4.78 is 42.1. The minimum Gasteiger partial charge on any atom is -0.339 e. The van der Waals surface area contributed by atoms with E-state index in [2.05, 4.69) is 21.9 Å². The topological polar surface area (TPSA) is 83.2 Å². The van der Waals surface area contributed by atoms with Crippen LogP contribution in [0.1, 0.15) is 71.9 Å². The molecule has 3 aromatic rings. The van der Waals surface area contributed by atoms with Crippen LogP contribution < -0.4 is 0 Å². The Balaban J connectivity index is 1.09. The molecule has 4 heterocycles. The van der Waals surface area contributed by atoms with Crippen molar-refractivity contribution in [2.24, 2.45) is 16.8 Å². The molecule has 2 aliphatic heterocycles. The van der Waals surface area contributed by atoms with Gasteiger partial charge in [0.2, 0.25) is 5.91 Å². The first-order valence-corrected chi connectivity index (χ1v) is 15.4. The van der Waals surface area contributed by atoms with E-state index in [1.807, 2.05) is 34.9 Å². The number of aromatic nitrogens is 3. The lowest BCUT2D eigenvalue weighted by Gasteiger charge is -2.36. The highest BCUT2D eigenvalue weighted by atomic mass is 19.4. The van der Waals surface area contributed by atoms with E-state index in [1.54, 1.807) is 16.8 Å². The number of carbonyl (C=O) groups excluding carboxylic acids is 2. The van der Waals surface area contributed by atoms with Crippen LogP contribution in [0.15, 0.2) is 47.9 Å². The maximum atomic E-state index is 13.5. The SMILES string of the molecule is Cc1cc(Cc2nccn3c(C4=CCN=C4C(F)(F)F)cnc23)ccc1C(=O)N1CCN(C(=O)C[C@H]2CC[C@H](C)CC2)CC1. The zero-order valence-corrected chi connectivity index (χ0v) is 25.1. The van der Waals surface area contributed by atoms with Gasteiger partial charge >= 0.3 is 6.18 Å². The van der Waals surface area contributed by atoms with Crippen molar-refractivity contribution < 1.29 is 22.8 Å². The number of imidazole rings is 1. The molecule has 0 spiro atoms. The molecular formula is C33H37F3N6O2. The van der Waals surface area contributed by atoms with E-state index in [1.165, 1.54) is 25.1 Å². The van der Waals surface area contributed by atoms with Gasteiger partial charge in [0.1, 0.15) is 5.71 Å². The summed E-state index contributed by atoms with van der Waals surface area (Å²) in [5, 5.41) is 0. The minimum absolute atomic E-state index is 0.0185. The van der Waals surface area contributed by atoms with E-state index in [0.717, 1.165) is 29.9 Å². The third-order valence-corrected chi connectivity index (χ3v) is 9.26. The fraction of sp³-hybridized carbons (Fsp3) is 0.485. The lowest BCUT2D eigenvalue weighted by Crippen LogP contribution is -2.51. The highest BCUT2D eigenvalue weighted by Crippen LogP contribution is 2.33. The second-order valence-corrected chi connectivity index (χ2v) is 12.3. The normalized spacial score (nSPS) is 21.0. The van der Waals surface area contributed by atoms with Crippen molar-refractivity contribution in [3.8, 4) is 0 Å². The number of rotatable bonds is 6. The van der Waals surface area contributed by atoms with Crippen molar-refractivity contribution >= 4 is 28.7 Å². The summed E-state index contributed by atoms with van der Waals surface area (Å²) in [6, 6.07) is 5.65. The van der Waals surface area contributed by atoms with Crippen molar-refractivity contribution in [2.45, 2.75) is 58.5 Å². The lowest BCUT2D eigenvalue weighted by atomic mass is 9.81. The Morgan fingerprint density at radius 2 is 1.73 bits per heavy atom. The fourth-order valence-electron chi connectivity index (χ4n) is 6.68. The first-order chi connectivity index (χ1) is 21.1. The summed E-state index contributed by atoms with van der Waals surface area (Å²) in [6.45, 7) is 6.29. The number of hydrogen-bond acceptors (Lipinski definition) is 5. The molecule has 1 aliphatic carbocycles. The zero-order chi connectivity index (χ0) is 31.0. The molecule has 44 heavy (non-hydrogen) atoms. The summed E-state index contributed by atoms with van der Waals surface area (Å²) in [4.78, 5) is 42.6. The van der Waals surface area contributed by atoms with Crippen LogP contribution in [0.5, 0.6) is 0 Å². The Labute approximate surface area is 254 Å². The van der Waals surface area contributed by atoms with Crippen molar-refractivity contribution in [1.29, 1.82) is 0 Å². The summed E-state index contributed by atoms with van der Waals surface area (Å²) in [5.74, 6) is 1.41. The fourth-order valence-corrected chi connectivity index (χ4v) is 6.68. The number of piperazine rings is 1. The molecule has 8 nitrogen and oxygen atoms in total. The van der Waals surface area contributed by atoms with E-state index in [0.29, 0.717) is 67.5 Å². The number of aliphatic imine (C=N–C) groups is 1. The number of fused-ring (bicyclic) bond motifs is 1. The Morgan fingerprint density at radius 1 is 1.00 bits per heavy atom. The molecule has 0 N–H and O–H groups in total. The van der Waals surface area contributed by atoms with Crippen molar-refractivity contribution in [1.82, 2.24) is 24.2 Å². The number of halogens is 3. The predicted octanol–water partition coefficient (Wildman–Crippen LogP) is 5.53. The average molecular weight is 607 g/mol. The second-order valence-electron chi connectivity index (χ2n) is 12.3. The largest absolute Gasteiger partial charge is 0.433 e. The van der Waals surface area contributed by atoms with E-state index < -0.39 is 11.9 Å². The maximum absolute atomic E-state index is 13.5. The van der Waals surface area contributed by atoms with Crippen LogP contribution in [-0.4, -0.2) is 80.6 Å². The standard InChI is InChI=1S/C33H37F3N6O2/c1-21-3-5-23(6-4-21)19-29(43)40-13-15-41(16-14-40)32(44)25-8-7-24(17-22(25)2)18-27-31-39-20-28(42(31)12-11-37-27)26-9-10-38-30(26)33(34,35)36/h7-9,11-12,17,20-21,23H,3-6,10,13-16,18-19H2,1-2H3/t21-,23-. The number of alkyl halides is 3. The molecule has 2 aromatic heterocycles. The molecule has 3 aliphatic rings. The summed E-state index contributed by atoms with van der Waals surface area (Å²) >= 11 is 0. The number of amides is 2. The molecule has 6 rings (SSSR count). The van der Waals surface area contributed by atoms with E-state index in [-0.39, 0.29) is 23.9 Å². The van der Waals surface area contributed by atoms with Crippen LogP contribution in [0.4, 0.5) is 13.2 Å². The highest BCUT2D eigenvalue weighted by molar-refractivity contribution is 6.27. The Bertz CT molecular complexity index is 1630. The quantitative estimate of drug-likeness (QED) is 0.370. The maximum Gasteiger partial charge on any atom is 0.433 e.